The third-order valence-corrected chi connectivity index (χ3v) is 24.4. The zero-order chi connectivity index (χ0) is 89.1. The van der Waals surface area contributed by atoms with Gasteiger partial charge in [0, 0.05) is 44.6 Å². The van der Waals surface area contributed by atoms with Crippen LogP contribution in [0.15, 0.2) is 364 Å². The number of hydrogen-bond donors (Lipinski definition) is 0. The van der Waals surface area contributed by atoms with Crippen LogP contribution in [0, 0.1) is 69.2 Å². The number of hydrogen-bond acceptors (Lipinski definition) is 2. The van der Waals surface area contributed by atoms with Crippen molar-refractivity contribution in [1.82, 2.24) is 0 Å². The van der Waals surface area contributed by atoms with Gasteiger partial charge < -0.3 is 9.80 Å². The third kappa shape index (κ3) is 17.7. The van der Waals surface area contributed by atoms with Crippen molar-refractivity contribution < 1.29 is 26.3 Å². The molecule has 0 saturated heterocycles. The first-order valence-corrected chi connectivity index (χ1v) is 43.3. The molecule has 8 heteroatoms. The topological polar surface area (TPSA) is 6.48 Å². The van der Waals surface area contributed by atoms with Crippen LogP contribution in [-0.2, 0) is 12.4 Å². The molecule has 0 aliphatic heterocycles. The predicted octanol–water partition coefficient (Wildman–Crippen LogP) is 35.6. The van der Waals surface area contributed by atoms with E-state index in [2.05, 4.69) is 332 Å². The molecule has 0 aliphatic rings. The van der Waals surface area contributed by atoms with E-state index in [0.717, 1.165) is 57.1 Å². The van der Waals surface area contributed by atoms with Gasteiger partial charge in [0.2, 0.25) is 0 Å². The second-order valence-electron chi connectivity index (χ2n) is 33.5. The molecule has 0 unspecified atom stereocenters. The molecule has 628 valence electrons. The molecule has 0 heterocycles. The van der Waals surface area contributed by atoms with Gasteiger partial charge in [-0.25, -0.2) is 0 Å². The van der Waals surface area contributed by atoms with Gasteiger partial charge in [-0.1, -0.05) is 355 Å². The molecule has 0 N–H and O–H groups in total. The average Bonchev–Trinajstić information content (AvgIpc) is 0.745. The summed E-state index contributed by atoms with van der Waals surface area (Å²) in [7, 11) is 0. The van der Waals surface area contributed by atoms with Gasteiger partial charge in [0.1, 0.15) is 0 Å². The molecule has 0 radical (unpaired) electrons. The predicted molar refractivity (Wildman–Crippen MR) is 534 cm³/mol. The summed E-state index contributed by atoms with van der Waals surface area (Å²) in [5, 5.41) is 11.2. The van der Waals surface area contributed by atoms with Crippen molar-refractivity contribution in [3.05, 3.63) is 464 Å². The summed E-state index contributed by atoms with van der Waals surface area (Å²) < 4.78 is 89.9. The summed E-state index contributed by atoms with van der Waals surface area (Å²) in [6, 6.07) is 122. The smallest absolute Gasteiger partial charge is 0.310 e. The molecule has 2 nitrogen and oxygen atoms in total. The second kappa shape index (κ2) is 36.4. The van der Waals surface area contributed by atoms with E-state index >= 15 is 0 Å². The fraction of sp³-hybridized carbons (Fsp3) is 0.100. The van der Waals surface area contributed by atoms with Gasteiger partial charge in [0.05, 0.1) is 22.5 Å². The molecule has 0 atom stereocenters. The van der Waals surface area contributed by atoms with Crippen LogP contribution in [0.4, 0.5) is 60.5 Å². The van der Waals surface area contributed by atoms with Crippen LogP contribution >= 0.6 is 0 Å². The second-order valence-corrected chi connectivity index (χ2v) is 33.5. The Morgan fingerprint density at radius 3 is 0.727 bits per heavy atom. The summed E-state index contributed by atoms with van der Waals surface area (Å²) in [5.74, 6) is 0. The van der Waals surface area contributed by atoms with Gasteiger partial charge in [-0.05, 0) is 279 Å². The molecule has 0 fully saturated rings. The van der Waals surface area contributed by atoms with Crippen molar-refractivity contribution in [1.29, 1.82) is 0 Å². The Morgan fingerprint density at radius 1 is 0.188 bits per heavy atom. The van der Waals surface area contributed by atoms with Crippen molar-refractivity contribution in [2.75, 3.05) is 9.80 Å². The van der Waals surface area contributed by atoms with E-state index in [4.69, 9.17) is 0 Å². The minimum Gasteiger partial charge on any atom is -0.310 e. The summed E-state index contributed by atoms with van der Waals surface area (Å²) in [4.78, 5) is 4.79. The number of halogens is 6. The summed E-state index contributed by atoms with van der Waals surface area (Å²) in [6.07, 6.45) is 1.14. The van der Waals surface area contributed by atoms with Gasteiger partial charge in [0.25, 0.3) is 0 Å². The Labute approximate surface area is 745 Å². The molecule has 19 aromatic rings. The Bertz CT molecular complexity index is 7120. The van der Waals surface area contributed by atoms with Gasteiger partial charge in [-0.15, -0.1) is 0 Å². The first kappa shape index (κ1) is 85.3. The van der Waals surface area contributed by atoms with Crippen LogP contribution in [0.1, 0.15) is 100 Å². The fourth-order valence-corrected chi connectivity index (χ4v) is 18.2. The number of nitrogens with zero attached hydrogens (tertiary/aromatic N) is 2. The standard InChI is InChI=1S/C48H40N2.C40H28F6.C32H28/c1-33-23-27-39(28-24-33)49(37-15-7-5-8-16-37)45-31-35(3)47(43-21-13-11-19-41(43)45)48-36(4)32-46(42-20-12-14-22-44(42)48)50(38-17-9-6-10-18-38)40-29-25-34(2)26-30-40;1-25-11-15-27(16-12-25)19-21-29-23-35(39(41,42)43)37(33-9-5-3-7-31(29)33)38-34-10-6-4-8-32(34)30(24-36(38)40(44,45)46)22-20-28-17-13-26(2)14-18-28;1-21-13-15-25(16-14-21)17-18-26-20-24(4)32(30-12-8-6-10-28(26)30)31-23(3)19-22(2)27-9-5-7-11-29(27)31/h5-32H,1-4H3;3-24H,1-2H3;5-20H,1-4H3/b;21-19+,22-20+;18-17+. The highest BCUT2D eigenvalue weighted by Crippen LogP contribution is 2.53. The van der Waals surface area contributed by atoms with Crippen molar-refractivity contribution in [3.63, 3.8) is 0 Å². The number of benzene rings is 19. The minimum absolute atomic E-state index is 0.0829. The normalized spacial score (nSPS) is 11.8. The maximum Gasteiger partial charge on any atom is 0.417 e. The first-order chi connectivity index (χ1) is 61.9. The number of para-hydroxylation sites is 2. The van der Waals surface area contributed by atoms with Crippen LogP contribution in [0.5, 0.6) is 0 Å². The van der Waals surface area contributed by atoms with E-state index < -0.39 is 34.6 Å². The van der Waals surface area contributed by atoms with Gasteiger partial charge >= 0.3 is 12.4 Å². The fourth-order valence-electron chi connectivity index (χ4n) is 18.2. The number of aryl methyl sites for hydroxylation is 10. The largest absolute Gasteiger partial charge is 0.417 e. The van der Waals surface area contributed by atoms with Crippen LogP contribution in [0.2, 0.25) is 0 Å². The van der Waals surface area contributed by atoms with Crippen LogP contribution < -0.4 is 9.80 Å². The molecule has 0 aliphatic carbocycles. The molecule has 19 aromatic carbocycles. The third-order valence-electron chi connectivity index (χ3n) is 24.4. The lowest BCUT2D eigenvalue weighted by Gasteiger charge is -2.30. The number of anilines is 6. The van der Waals surface area contributed by atoms with E-state index in [1.807, 2.05) is 62.4 Å². The summed E-state index contributed by atoms with van der Waals surface area (Å²) >= 11 is 0. The molecular formula is C120H96F6N2. The van der Waals surface area contributed by atoms with E-state index in [1.165, 1.54) is 144 Å². The quantitative estimate of drug-likeness (QED) is 0.0746. The maximum absolute atomic E-state index is 15.0. The molecule has 0 spiro atoms. The zero-order valence-electron chi connectivity index (χ0n) is 73.3. The number of fused-ring (bicyclic) bond motifs is 6. The highest BCUT2D eigenvalue weighted by atomic mass is 19.4. The van der Waals surface area contributed by atoms with Crippen molar-refractivity contribution >= 4 is 135 Å². The van der Waals surface area contributed by atoms with Crippen molar-refractivity contribution in [2.45, 2.75) is 81.6 Å². The molecule has 19 rings (SSSR count). The maximum atomic E-state index is 15.0. The zero-order valence-corrected chi connectivity index (χ0v) is 73.3. The van der Waals surface area contributed by atoms with Crippen LogP contribution in [0.3, 0.4) is 0 Å². The number of rotatable bonds is 15. The summed E-state index contributed by atoms with van der Waals surface area (Å²) in [6.45, 7) is 21.5. The summed E-state index contributed by atoms with van der Waals surface area (Å²) in [5.41, 5.74) is 25.8. The van der Waals surface area contributed by atoms with Crippen LogP contribution in [-0.4, -0.2) is 0 Å². The van der Waals surface area contributed by atoms with Crippen LogP contribution in [0.25, 0.3) is 134 Å². The minimum atomic E-state index is -4.94. The SMILES string of the molecule is Cc1ccc(/C=C/c2cc(C(F)(F)F)c(-c3c(C(F)(F)F)cc(/C=C/c4ccc(C)cc4)c4ccccc34)c3ccccc23)cc1.Cc1ccc(/C=C/c2cc(C)c(-c3c(C)cc(C)c4ccccc34)c3ccccc23)cc1.Cc1ccc(N(c2ccccc2)c2cc(C)c(-c3c(C)cc(N(c4ccccc4)c4ccc(C)cc4)c4ccccc34)c3ccccc23)cc1. The first-order valence-electron chi connectivity index (χ1n) is 43.3. The van der Waals surface area contributed by atoms with Crippen molar-refractivity contribution in [3.8, 4) is 33.4 Å². The van der Waals surface area contributed by atoms with Crippen molar-refractivity contribution in [2.24, 2.45) is 0 Å². The molecular weight excluding hydrogens is 1580 g/mol. The lowest BCUT2D eigenvalue weighted by molar-refractivity contribution is -0.139. The molecule has 0 bridgehead atoms. The van der Waals surface area contributed by atoms with Gasteiger partial charge in [-0.3, -0.25) is 0 Å². The Kier molecular flexibility index (Phi) is 24.2. The Balaban J connectivity index is 0.000000138. The molecule has 128 heavy (non-hydrogen) atoms. The van der Waals surface area contributed by atoms with Gasteiger partial charge in [0.15, 0.2) is 0 Å². The Hall–Kier alpha value is -14.9. The van der Waals surface area contributed by atoms with E-state index in [1.54, 1.807) is 60.7 Å². The molecule has 0 aromatic heterocycles. The monoisotopic (exact) mass is 1680 g/mol. The Morgan fingerprint density at radius 2 is 0.414 bits per heavy atom. The van der Waals surface area contributed by atoms with Gasteiger partial charge in [-0.2, -0.15) is 26.3 Å². The molecule has 0 amide bonds. The van der Waals surface area contributed by atoms with E-state index in [0.29, 0.717) is 10.8 Å². The average molecular weight is 1680 g/mol. The van der Waals surface area contributed by atoms with E-state index in [9.17, 15) is 26.3 Å². The highest BCUT2D eigenvalue weighted by molar-refractivity contribution is 6.17. The highest BCUT2D eigenvalue weighted by Gasteiger charge is 2.41. The lowest BCUT2D eigenvalue weighted by atomic mass is 9.83. The lowest BCUT2D eigenvalue weighted by Crippen LogP contribution is -2.13. The van der Waals surface area contributed by atoms with E-state index in [-0.39, 0.29) is 21.9 Å². The molecule has 0 saturated carbocycles. The number of alkyl halides is 6.